The first-order chi connectivity index (χ1) is 3.92. The first-order valence-electron chi connectivity index (χ1n) is 2.11. The summed E-state index contributed by atoms with van der Waals surface area (Å²) in [4.78, 5) is 26.0. The summed E-state index contributed by atoms with van der Waals surface area (Å²) in [5.74, 6) is -0.418. The Bertz CT molecular complexity index is 154. The van der Waals surface area contributed by atoms with Crippen molar-refractivity contribution >= 4 is 51.3 Å². The first-order valence-corrected chi connectivity index (χ1v) is 3.64. The molecule has 11 heavy (non-hydrogen) atoms. The van der Waals surface area contributed by atoms with Crippen molar-refractivity contribution in [1.82, 2.24) is 0 Å². The minimum atomic E-state index is -4.44. The number of rotatable bonds is 3. The van der Waals surface area contributed by atoms with E-state index in [4.69, 9.17) is 9.79 Å². The SMILES string of the molecule is CC(=O)COP(=O)(O)O.[LiH].[LiH]. The van der Waals surface area contributed by atoms with E-state index < -0.39 is 20.2 Å². The second kappa shape index (κ2) is 7.61. The summed E-state index contributed by atoms with van der Waals surface area (Å²) >= 11 is 0. The number of carbonyl (C=O) groups excluding carboxylic acids is 1. The summed E-state index contributed by atoms with van der Waals surface area (Å²) in [5, 5.41) is 0. The molecule has 0 aromatic carbocycles. The van der Waals surface area contributed by atoms with Gasteiger partial charge in [-0.05, 0) is 6.92 Å². The number of Topliss-reactive ketones (excluding diaryl/α,β-unsaturated/α-hetero) is 1. The van der Waals surface area contributed by atoms with Gasteiger partial charge in [0.2, 0.25) is 0 Å². The Labute approximate surface area is 88.5 Å². The average Bonchev–Trinajstić information content (AvgIpc) is 1.59. The zero-order chi connectivity index (χ0) is 7.49. The summed E-state index contributed by atoms with van der Waals surface area (Å²) in [5.41, 5.74) is 0. The van der Waals surface area contributed by atoms with Crippen LogP contribution >= 0.6 is 7.82 Å². The molecule has 0 spiro atoms. The van der Waals surface area contributed by atoms with Gasteiger partial charge in [0.15, 0.2) is 5.78 Å². The molecule has 0 aromatic heterocycles. The molecule has 0 rings (SSSR count). The van der Waals surface area contributed by atoms with E-state index in [-0.39, 0.29) is 37.7 Å². The van der Waals surface area contributed by atoms with Gasteiger partial charge >= 0.3 is 45.5 Å². The van der Waals surface area contributed by atoms with E-state index in [0.717, 1.165) is 0 Å². The van der Waals surface area contributed by atoms with Gasteiger partial charge in [0, 0.05) is 0 Å². The number of carbonyl (C=O) groups is 1. The Morgan fingerprint density at radius 1 is 1.45 bits per heavy atom. The fourth-order valence-electron chi connectivity index (χ4n) is 0.175. The molecule has 0 saturated heterocycles. The zero-order valence-corrected chi connectivity index (χ0v) is 5.67. The topological polar surface area (TPSA) is 83.8 Å². The predicted molar refractivity (Wildman–Crippen MR) is 43.0 cm³/mol. The van der Waals surface area contributed by atoms with Crippen molar-refractivity contribution in [2.24, 2.45) is 0 Å². The molecule has 2 N–H and O–H groups in total. The third-order valence-corrected chi connectivity index (χ3v) is 0.901. The first kappa shape index (κ1) is 17.9. The van der Waals surface area contributed by atoms with Crippen molar-refractivity contribution in [3.63, 3.8) is 0 Å². The summed E-state index contributed by atoms with van der Waals surface area (Å²) < 4.78 is 13.7. The second-order valence-corrected chi connectivity index (χ2v) is 2.71. The van der Waals surface area contributed by atoms with E-state index in [0.29, 0.717) is 0 Å². The molecule has 0 aliphatic rings. The quantitative estimate of drug-likeness (QED) is 0.393. The van der Waals surface area contributed by atoms with Crippen LogP contribution in [0.15, 0.2) is 0 Å². The van der Waals surface area contributed by atoms with Crippen LogP contribution in [0.1, 0.15) is 6.92 Å². The van der Waals surface area contributed by atoms with Crippen molar-refractivity contribution in [2.75, 3.05) is 6.61 Å². The van der Waals surface area contributed by atoms with Crippen molar-refractivity contribution in [1.29, 1.82) is 0 Å². The van der Waals surface area contributed by atoms with Gasteiger partial charge in [0.25, 0.3) is 0 Å². The van der Waals surface area contributed by atoms with Crippen LogP contribution in [0.4, 0.5) is 0 Å². The van der Waals surface area contributed by atoms with Crippen LogP contribution in [0.5, 0.6) is 0 Å². The molecule has 0 heterocycles. The Hall–Kier alpha value is 0.975. The Morgan fingerprint density at radius 2 is 1.82 bits per heavy atom. The molecular weight excluding hydrogens is 161 g/mol. The van der Waals surface area contributed by atoms with Gasteiger partial charge in [-0.3, -0.25) is 9.32 Å². The van der Waals surface area contributed by atoms with Gasteiger partial charge in [0.05, 0.1) is 0 Å². The third-order valence-electron chi connectivity index (χ3n) is 0.436. The van der Waals surface area contributed by atoms with Crippen LogP contribution < -0.4 is 0 Å². The van der Waals surface area contributed by atoms with Gasteiger partial charge in [-0.2, -0.15) is 0 Å². The number of hydrogen-bond acceptors (Lipinski definition) is 3. The molecular formula is C3H9Li2O5P. The van der Waals surface area contributed by atoms with Crippen LogP contribution in [-0.4, -0.2) is 59.9 Å². The standard InChI is InChI=1S/C3H7O5P.2Li.2H/c1-3(4)2-8-9(5,6)7;;;;/h2H2,1H3,(H2,5,6,7);;;;. The van der Waals surface area contributed by atoms with Gasteiger partial charge in [-0.25, -0.2) is 4.57 Å². The average molecular weight is 170 g/mol. The Kier molecular flexibility index (Phi) is 12.4. The molecule has 0 aliphatic carbocycles. The van der Waals surface area contributed by atoms with Gasteiger partial charge in [-0.15, -0.1) is 0 Å². The summed E-state index contributed by atoms with van der Waals surface area (Å²) in [7, 11) is -4.44. The summed E-state index contributed by atoms with van der Waals surface area (Å²) in [6.07, 6.45) is 0. The van der Waals surface area contributed by atoms with E-state index >= 15 is 0 Å². The molecule has 0 bridgehead atoms. The van der Waals surface area contributed by atoms with Crippen molar-refractivity contribution in [3.05, 3.63) is 0 Å². The van der Waals surface area contributed by atoms with Crippen molar-refractivity contribution < 1.29 is 23.7 Å². The van der Waals surface area contributed by atoms with Gasteiger partial charge < -0.3 is 9.79 Å². The van der Waals surface area contributed by atoms with Crippen LogP contribution in [0.2, 0.25) is 0 Å². The molecule has 0 amide bonds. The monoisotopic (exact) mass is 170 g/mol. The van der Waals surface area contributed by atoms with Crippen LogP contribution in [0, 0.1) is 0 Å². The Morgan fingerprint density at radius 3 is 1.91 bits per heavy atom. The third kappa shape index (κ3) is 18.2. The van der Waals surface area contributed by atoms with E-state index in [1.54, 1.807) is 0 Å². The van der Waals surface area contributed by atoms with Crippen LogP contribution in [0.3, 0.4) is 0 Å². The molecule has 58 valence electrons. The van der Waals surface area contributed by atoms with Crippen molar-refractivity contribution in [2.45, 2.75) is 6.92 Å². The maximum atomic E-state index is 10.0. The van der Waals surface area contributed by atoms with Crippen molar-refractivity contribution in [3.8, 4) is 0 Å². The van der Waals surface area contributed by atoms with E-state index in [9.17, 15) is 9.36 Å². The number of ketones is 1. The molecule has 8 heteroatoms. The maximum absolute atomic E-state index is 10.0. The number of phosphoric ester groups is 1. The van der Waals surface area contributed by atoms with Crippen LogP contribution in [0.25, 0.3) is 0 Å². The number of phosphoric acid groups is 1. The molecule has 0 aromatic rings. The molecule has 0 radical (unpaired) electrons. The molecule has 0 unspecified atom stereocenters. The summed E-state index contributed by atoms with van der Waals surface area (Å²) in [6.45, 7) is 0.639. The molecule has 0 atom stereocenters. The van der Waals surface area contributed by atoms with E-state index in [1.165, 1.54) is 6.92 Å². The molecule has 0 saturated carbocycles. The van der Waals surface area contributed by atoms with Crippen LogP contribution in [-0.2, 0) is 13.9 Å². The fraction of sp³-hybridized carbons (Fsp3) is 0.667. The van der Waals surface area contributed by atoms with E-state index in [2.05, 4.69) is 4.52 Å². The van der Waals surface area contributed by atoms with Gasteiger partial charge in [-0.1, -0.05) is 0 Å². The second-order valence-electron chi connectivity index (χ2n) is 1.47. The normalized spacial score (nSPS) is 9.36. The van der Waals surface area contributed by atoms with E-state index in [1.807, 2.05) is 0 Å². The minimum absolute atomic E-state index is 0. The Balaban J connectivity index is -0.000000320. The predicted octanol–water partition coefficient (Wildman–Crippen LogP) is -1.61. The fourth-order valence-corrected chi connectivity index (χ4v) is 0.525. The molecule has 0 fully saturated rings. The number of hydrogen-bond donors (Lipinski definition) is 2. The van der Waals surface area contributed by atoms with Gasteiger partial charge in [0.1, 0.15) is 6.61 Å². The summed E-state index contributed by atoms with van der Waals surface area (Å²) in [6, 6.07) is 0. The molecule has 5 nitrogen and oxygen atoms in total. The molecule has 0 aliphatic heterocycles. The zero-order valence-electron chi connectivity index (χ0n) is 4.77.